The van der Waals surface area contributed by atoms with E-state index >= 15 is 0 Å². The smallest absolute Gasteiger partial charge is 0.151 e. The number of H-pyrrole nitrogens is 2. The van der Waals surface area contributed by atoms with Crippen molar-refractivity contribution in [1.82, 2.24) is 9.97 Å². The van der Waals surface area contributed by atoms with Crippen LogP contribution in [0, 0.1) is 25.5 Å². The first kappa shape index (κ1) is 21.2. The zero-order valence-electron chi connectivity index (χ0n) is 16.7. The summed E-state index contributed by atoms with van der Waals surface area (Å²) in [6, 6.07) is 13.1. The number of hydrogen-bond donors (Lipinski definition) is 3. The molecule has 0 unspecified atom stereocenters. The van der Waals surface area contributed by atoms with Gasteiger partial charge in [0.2, 0.25) is 0 Å². The average Bonchev–Trinajstić information content (AvgIpc) is 3.31. The number of aromatic amines is 2. The molecule has 30 heavy (non-hydrogen) atoms. The molecule has 2 heterocycles. The molecule has 0 aliphatic rings. The Labute approximate surface area is 173 Å². The molecule has 0 amide bonds. The van der Waals surface area contributed by atoms with Crippen LogP contribution < -0.4 is 0 Å². The van der Waals surface area contributed by atoms with Crippen molar-refractivity contribution in [2.24, 2.45) is 0 Å². The second kappa shape index (κ2) is 9.33. The highest BCUT2D eigenvalue weighted by Gasteiger charge is 2.12. The Hall–Kier alpha value is -3.51. The van der Waals surface area contributed by atoms with Crippen LogP contribution in [0.4, 0.5) is 8.78 Å². The lowest BCUT2D eigenvalue weighted by Gasteiger charge is -2.02. The molecule has 4 aromatic rings. The minimum atomic E-state index is -0.292. The van der Waals surface area contributed by atoms with Crippen molar-refractivity contribution in [3.63, 3.8) is 0 Å². The first-order chi connectivity index (χ1) is 14.5. The third-order valence-electron chi connectivity index (χ3n) is 5.01. The van der Waals surface area contributed by atoms with Crippen molar-refractivity contribution in [2.45, 2.75) is 20.5 Å². The molecule has 6 heteroatoms. The van der Waals surface area contributed by atoms with E-state index in [-0.39, 0.29) is 18.2 Å². The van der Waals surface area contributed by atoms with Crippen LogP contribution in [0.15, 0.2) is 60.9 Å². The Morgan fingerprint density at radius 1 is 0.833 bits per heavy atom. The maximum Gasteiger partial charge on any atom is 0.151 e. The average molecular weight is 408 g/mol. The van der Waals surface area contributed by atoms with Crippen LogP contribution in [0.1, 0.15) is 27.0 Å². The Balaban J connectivity index is 0.000000171. The van der Waals surface area contributed by atoms with Gasteiger partial charge in [-0.1, -0.05) is 24.3 Å². The summed E-state index contributed by atoms with van der Waals surface area (Å²) in [5, 5.41) is 9.03. The molecule has 154 valence electrons. The van der Waals surface area contributed by atoms with E-state index in [2.05, 4.69) is 9.97 Å². The van der Waals surface area contributed by atoms with Gasteiger partial charge in [-0.05, 0) is 54.8 Å². The number of carbonyl (C=O) groups is 1. The van der Waals surface area contributed by atoms with Gasteiger partial charge in [0.25, 0.3) is 0 Å². The molecule has 0 fully saturated rings. The molecule has 0 aliphatic carbocycles. The molecular weight excluding hydrogens is 386 g/mol. The normalized spacial score (nSPS) is 10.4. The van der Waals surface area contributed by atoms with Gasteiger partial charge in [0, 0.05) is 29.1 Å². The van der Waals surface area contributed by atoms with Crippen molar-refractivity contribution in [2.75, 3.05) is 0 Å². The largest absolute Gasteiger partial charge is 0.392 e. The Kier molecular flexibility index (Phi) is 6.59. The predicted molar refractivity (Wildman–Crippen MR) is 113 cm³/mol. The quantitative estimate of drug-likeness (QED) is 0.387. The van der Waals surface area contributed by atoms with Gasteiger partial charge in [-0.15, -0.1) is 0 Å². The summed E-state index contributed by atoms with van der Waals surface area (Å²) >= 11 is 0. The number of nitrogens with one attached hydrogen (secondary N) is 2. The number of aromatic nitrogens is 2. The van der Waals surface area contributed by atoms with Gasteiger partial charge in [-0.3, -0.25) is 4.79 Å². The zero-order chi connectivity index (χ0) is 21.7. The van der Waals surface area contributed by atoms with Crippen LogP contribution in [-0.4, -0.2) is 21.4 Å². The number of benzene rings is 2. The van der Waals surface area contributed by atoms with Gasteiger partial charge in [-0.25, -0.2) is 8.78 Å². The SMILES string of the molecule is Cc1c(C=O)c[nH]c1-c1ccccc1F.Cc1c(CO)c[nH]c1-c1ccccc1F. The van der Waals surface area contributed by atoms with Crippen molar-refractivity contribution in [3.8, 4) is 22.5 Å². The summed E-state index contributed by atoms with van der Waals surface area (Å²) in [6.07, 6.45) is 4.05. The number of hydrogen-bond acceptors (Lipinski definition) is 2. The van der Waals surface area contributed by atoms with Gasteiger partial charge in [0.05, 0.1) is 18.0 Å². The van der Waals surface area contributed by atoms with Gasteiger partial charge < -0.3 is 15.1 Å². The van der Waals surface area contributed by atoms with Crippen molar-refractivity contribution in [3.05, 3.63) is 94.8 Å². The molecule has 4 rings (SSSR count). The van der Waals surface area contributed by atoms with E-state index in [0.717, 1.165) is 28.7 Å². The fourth-order valence-corrected chi connectivity index (χ4v) is 3.22. The number of rotatable bonds is 4. The molecule has 2 aromatic heterocycles. The fourth-order valence-electron chi connectivity index (χ4n) is 3.22. The lowest BCUT2D eigenvalue weighted by Crippen LogP contribution is -1.87. The van der Waals surface area contributed by atoms with E-state index in [9.17, 15) is 13.6 Å². The van der Waals surface area contributed by atoms with Crippen molar-refractivity contribution < 1.29 is 18.7 Å². The van der Waals surface area contributed by atoms with Gasteiger partial charge in [0.15, 0.2) is 6.29 Å². The topological polar surface area (TPSA) is 68.9 Å². The van der Waals surface area contributed by atoms with Crippen molar-refractivity contribution >= 4 is 6.29 Å². The second-order valence-electron chi connectivity index (χ2n) is 6.79. The number of aliphatic hydroxyl groups is 1. The fraction of sp³-hybridized carbons (Fsp3) is 0.125. The zero-order valence-corrected chi connectivity index (χ0v) is 16.7. The van der Waals surface area contributed by atoms with E-state index in [0.29, 0.717) is 22.4 Å². The first-order valence-corrected chi connectivity index (χ1v) is 9.38. The minimum Gasteiger partial charge on any atom is -0.392 e. The van der Waals surface area contributed by atoms with E-state index in [4.69, 9.17) is 5.11 Å². The summed E-state index contributed by atoms with van der Waals surface area (Å²) in [4.78, 5) is 16.5. The molecular formula is C24H22F2N2O2. The highest BCUT2D eigenvalue weighted by molar-refractivity contribution is 5.82. The molecule has 0 saturated carbocycles. The van der Waals surface area contributed by atoms with Gasteiger partial charge in [-0.2, -0.15) is 0 Å². The maximum absolute atomic E-state index is 13.5. The van der Waals surface area contributed by atoms with Gasteiger partial charge in [0.1, 0.15) is 11.6 Å². The number of aldehydes is 1. The molecule has 0 bridgehead atoms. The second-order valence-corrected chi connectivity index (χ2v) is 6.79. The molecule has 0 atom stereocenters. The number of aliphatic hydroxyl groups excluding tert-OH is 1. The molecule has 2 aromatic carbocycles. The third-order valence-corrected chi connectivity index (χ3v) is 5.01. The van der Waals surface area contributed by atoms with E-state index in [1.165, 1.54) is 12.1 Å². The summed E-state index contributed by atoms with van der Waals surface area (Å²) in [6.45, 7) is 3.63. The summed E-state index contributed by atoms with van der Waals surface area (Å²) in [5.41, 5.74) is 5.45. The number of carbonyl (C=O) groups excluding carboxylic acids is 1. The third kappa shape index (κ3) is 4.23. The van der Waals surface area contributed by atoms with E-state index in [1.54, 1.807) is 55.7 Å². The highest BCUT2D eigenvalue weighted by Crippen LogP contribution is 2.27. The van der Waals surface area contributed by atoms with Crippen molar-refractivity contribution in [1.29, 1.82) is 0 Å². The van der Waals surface area contributed by atoms with E-state index < -0.39 is 0 Å². The van der Waals surface area contributed by atoms with Gasteiger partial charge >= 0.3 is 0 Å². The van der Waals surface area contributed by atoms with Crippen LogP contribution in [-0.2, 0) is 6.61 Å². The number of halogens is 2. The molecule has 0 radical (unpaired) electrons. The molecule has 4 nitrogen and oxygen atoms in total. The monoisotopic (exact) mass is 408 g/mol. The Bertz CT molecular complexity index is 1160. The summed E-state index contributed by atoms with van der Waals surface area (Å²) in [5.74, 6) is -0.549. The molecule has 0 saturated heterocycles. The van der Waals surface area contributed by atoms with Crippen LogP contribution in [0.2, 0.25) is 0 Å². The minimum absolute atomic E-state index is 0.0310. The summed E-state index contributed by atoms with van der Waals surface area (Å²) < 4.78 is 26.9. The molecule has 0 aliphatic heterocycles. The predicted octanol–water partition coefficient (Wildman–Crippen LogP) is 5.56. The van der Waals surface area contributed by atoms with Crippen LogP contribution >= 0.6 is 0 Å². The summed E-state index contributed by atoms with van der Waals surface area (Å²) in [7, 11) is 0. The standard InChI is InChI=1S/C12H12FNO.C12H10FNO/c2*1-8-9(7-15)6-14-12(8)10-4-2-3-5-11(10)13/h2-6,14-15H,7H2,1H3;2-7,14H,1H3. The molecule has 0 spiro atoms. The Morgan fingerprint density at radius 3 is 1.77 bits per heavy atom. The maximum atomic E-state index is 13.5. The Morgan fingerprint density at radius 2 is 1.33 bits per heavy atom. The first-order valence-electron chi connectivity index (χ1n) is 9.38. The molecule has 3 N–H and O–H groups in total. The van der Waals surface area contributed by atoms with Crippen LogP contribution in [0.5, 0.6) is 0 Å². The van der Waals surface area contributed by atoms with Crippen LogP contribution in [0.3, 0.4) is 0 Å². The van der Waals surface area contributed by atoms with E-state index in [1.807, 2.05) is 6.92 Å². The lowest BCUT2D eigenvalue weighted by molar-refractivity contribution is 0.112. The lowest BCUT2D eigenvalue weighted by atomic mass is 10.1. The van der Waals surface area contributed by atoms with Crippen LogP contribution in [0.25, 0.3) is 22.5 Å². The highest BCUT2D eigenvalue weighted by atomic mass is 19.1.